The average molecular weight is 416 g/mol. The summed E-state index contributed by atoms with van der Waals surface area (Å²) in [5.74, 6) is 2.12. The fraction of sp³-hybridized carbons (Fsp3) is 0.462. The highest BCUT2D eigenvalue weighted by atomic mass is 16.5. The fourth-order valence-electron chi connectivity index (χ4n) is 6.01. The minimum Gasteiger partial charge on any atom is -0.371 e. The van der Waals surface area contributed by atoms with Gasteiger partial charge in [0.15, 0.2) is 11.5 Å². The Balaban J connectivity index is 1.62. The van der Waals surface area contributed by atoms with Crippen molar-refractivity contribution in [1.82, 2.24) is 5.16 Å². The van der Waals surface area contributed by atoms with Gasteiger partial charge in [-0.25, -0.2) is 0 Å². The van der Waals surface area contributed by atoms with Crippen LogP contribution in [0.4, 0.5) is 11.4 Å². The number of hydrogen-bond donors (Lipinski definition) is 0. The maximum absolute atomic E-state index is 13.7. The second kappa shape index (κ2) is 7.11. The number of benzene rings is 2. The molecule has 1 aromatic heterocycles. The quantitative estimate of drug-likeness (QED) is 0.432. The number of aromatic nitrogens is 1. The van der Waals surface area contributed by atoms with E-state index in [0.717, 1.165) is 70.9 Å². The number of carbonyl (C=O) groups excluding carboxylic acids is 1. The second-order valence-corrected chi connectivity index (χ2v) is 9.80. The van der Waals surface area contributed by atoms with Gasteiger partial charge in [0.1, 0.15) is 5.52 Å². The zero-order valence-electron chi connectivity index (χ0n) is 18.4. The van der Waals surface area contributed by atoms with Crippen molar-refractivity contribution in [3.8, 4) is 11.3 Å². The molecule has 0 unspecified atom stereocenters. The molecule has 2 aliphatic heterocycles. The van der Waals surface area contributed by atoms with Crippen molar-refractivity contribution >= 4 is 28.1 Å². The van der Waals surface area contributed by atoms with E-state index in [9.17, 15) is 4.79 Å². The summed E-state index contributed by atoms with van der Waals surface area (Å²) in [6.07, 6.45) is 4.86. The Hall–Kier alpha value is -2.82. The van der Waals surface area contributed by atoms with Gasteiger partial charge in [-0.2, -0.15) is 0 Å². The highest BCUT2D eigenvalue weighted by Crippen LogP contribution is 2.47. The monoisotopic (exact) mass is 415 g/mol. The third kappa shape index (κ3) is 2.89. The lowest BCUT2D eigenvalue weighted by molar-refractivity contribution is 0.104. The van der Waals surface area contributed by atoms with Gasteiger partial charge < -0.3 is 14.3 Å². The van der Waals surface area contributed by atoms with Gasteiger partial charge in [-0.3, -0.25) is 4.79 Å². The smallest absolute Gasteiger partial charge is 0.196 e. The van der Waals surface area contributed by atoms with E-state index in [1.807, 2.05) is 24.3 Å². The van der Waals surface area contributed by atoms with Crippen LogP contribution >= 0.6 is 0 Å². The van der Waals surface area contributed by atoms with E-state index >= 15 is 0 Å². The number of hydrogen-bond acceptors (Lipinski definition) is 5. The van der Waals surface area contributed by atoms with E-state index in [1.165, 1.54) is 25.7 Å². The highest BCUT2D eigenvalue weighted by molar-refractivity contribution is 6.28. The average Bonchev–Trinajstić information content (AvgIpc) is 3.22. The van der Waals surface area contributed by atoms with Crippen LogP contribution in [-0.2, 0) is 0 Å². The lowest BCUT2D eigenvalue weighted by Crippen LogP contribution is -2.39. The standard InChI is InChI=1S/C26H29N3O2/c1-16-12-17(2)15-29(14-16)21-13-20(28-10-6-3-7-11-28)22-23-24(21)27-31-26(23)19-9-5-4-8-18(19)25(22)30/h4-5,8-9,13,16-17H,3,6-7,10-12,14-15H2,1-2H3/t16-,17-/m1/s1. The van der Waals surface area contributed by atoms with Gasteiger partial charge in [0.25, 0.3) is 0 Å². The van der Waals surface area contributed by atoms with Crippen LogP contribution in [0.25, 0.3) is 22.2 Å². The van der Waals surface area contributed by atoms with Crippen molar-refractivity contribution in [3.63, 3.8) is 0 Å². The lowest BCUT2D eigenvalue weighted by Gasteiger charge is -2.38. The van der Waals surface area contributed by atoms with E-state index < -0.39 is 0 Å². The van der Waals surface area contributed by atoms with Crippen LogP contribution in [0.2, 0.25) is 0 Å². The molecule has 2 atom stereocenters. The van der Waals surface area contributed by atoms with Gasteiger partial charge in [0.2, 0.25) is 0 Å². The molecule has 0 N–H and O–H groups in total. The molecule has 0 spiro atoms. The maximum atomic E-state index is 13.7. The Kier molecular flexibility index (Phi) is 4.34. The van der Waals surface area contributed by atoms with E-state index in [-0.39, 0.29) is 5.78 Å². The molecule has 2 fully saturated rings. The molecule has 5 nitrogen and oxygen atoms in total. The van der Waals surface area contributed by atoms with Crippen molar-refractivity contribution in [2.75, 3.05) is 36.0 Å². The molecular formula is C26H29N3O2. The number of anilines is 2. The fourth-order valence-corrected chi connectivity index (χ4v) is 6.01. The third-order valence-corrected chi connectivity index (χ3v) is 7.26. The summed E-state index contributed by atoms with van der Waals surface area (Å²) >= 11 is 0. The van der Waals surface area contributed by atoms with Gasteiger partial charge in [0.05, 0.1) is 22.3 Å². The van der Waals surface area contributed by atoms with E-state index in [2.05, 4.69) is 34.9 Å². The minimum atomic E-state index is 0.101. The molecule has 0 bridgehead atoms. The summed E-state index contributed by atoms with van der Waals surface area (Å²) in [5.41, 5.74) is 5.41. The van der Waals surface area contributed by atoms with Crippen molar-refractivity contribution in [1.29, 1.82) is 0 Å². The van der Waals surface area contributed by atoms with Gasteiger partial charge in [-0.15, -0.1) is 0 Å². The Morgan fingerprint density at radius 1 is 0.935 bits per heavy atom. The van der Waals surface area contributed by atoms with Crippen molar-refractivity contribution < 1.29 is 9.32 Å². The second-order valence-electron chi connectivity index (χ2n) is 9.80. The maximum Gasteiger partial charge on any atom is 0.196 e. The van der Waals surface area contributed by atoms with Crippen LogP contribution in [0.1, 0.15) is 55.5 Å². The number of fused-ring (bicyclic) bond motifs is 2. The van der Waals surface area contributed by atoms with Crippen LogP contribution < -0.4 is 9.80 Å². The molecule has 2 saturated heterocycles. The number of piperidine rings is 2. The predicted molar refractivity (Wildman–Crippen MR) is 124 cm³/mol. The Morgan fingerprint density at radius 2 is 1.65 bits per heavy atom. The topological polar surface area (TPSA) is 49.6 Å². The van der Waals surface area contributed by atoms with Crippen LogP contribution in [0.15, 0.2) is 34.9 Å². The van der Waals surface area contributed by atoms with Crippen molar-refractivity contribution in [2.24, 2.45) is 11.8 Å². The summed E-state index contributed by atoms with van der Waals surface area (Å²) in [6, 6.07) is 10.0. The van der Waals surface area contributed by atoms with Crippen LogP contribution in [0, 0.1) is 11.8 Å². The molecule has 31 heavy (non-hydrogen) atoms. The summed E-state index contributed by atoms with van der Waals surface area (Å²) in [7, 11) is 0. The van der Waals surface area contributed by atoms with E-state index in [1.54, 1.807) is 0 Å². The minimum absolute atomic E-state index is 0.101. The van der Waals surface area contributed by atoms with E-state index in [0.29, 0.717) is 11.8 Å². The molecule has 2 aromatic carbocycles. The summed E-state index contributed by atoms with van der Waals surface area (Å²) in [4.78, 5) is 18.6. The highest BCUT2D eigenvalue weighted by Gasteiger charge is 2.36. The molecule has 160 valence electrons. The summed E-state index contributed by atoms with van der Waals surface area (Å²) in [6.45, 7) is 8.70. The molecule has 5 heteroatoms. The molecule has 6 rings (SSSR count). The van der Waals surface area contributed by atoms with Gasteiger partial charge in [0, 0.05) is 37.3 Å². The van der Waals surface area contributed by atoms with Gasteiger partial charge in [-0.05, 0) is 43.6 Å². The zero-order valence-corrected chi connectivity index (χ0v) is 18.4. The first kappa shape index (κ1) is 18.9. The summed E-state index contributed by atoms with van der Waals surface area (Å²) in [5, 5.41) is 5.46. The molecular weight excluding hydrogens is 386 g/mol. The first-order valence-electron chi connectivity index (χ1n) is 11.7. The predicted octanol–water partition coefficient (Wildman–Crippen LogP) is 5.51. The first-order chi connectivity index (χ1) is 15.1. The molecule has 3 aliphatic rings. The zero-order chi connectivity index (χ0) is 21.1. The largest absolute Gasteiger partial charge is 0.371 e. The Morgan fingerprint density at radius 3 is 2.39 bits per heavy atom. The summed E-state index contributed by atoms with van der Waals surface area (Å²) < 4.78 is 5.95. The first-order valence-corrected chi connectivity index (χ1v) is 11.7. The SMILES string of the molecule is C[C@@H]1C[C@@H](C)CN(c2cc(N3CCCCC3)c3c4c(onc24)-c2ccccc2C3=O)C1. The lowest BCUT2D eigenvalue weighted by atomic mass is 9.85. The molecule has 1 aliphatic carbocycles. The molecule has 3 heterocycles. The molecule has 0 saturated carbocycles. The number of ketones is 1. The van der Waals surface area contributed by atoms with Crippen LogP contribution in [0.3, 0.4) is 0 Å². The third-order valence-electron chi connectivity index (χ3n) is 7.26. The van der Waals surface area contributed by atoms with Gasteiger partial charge >= 0.3 is 0 Å². The van der Waals surface area contributed by atoms with E-state index in [4.69, 9.17) is 4.52 Å². The number of nitrogens with zero attached hydrogens (tertiary/aromatic N) is 3. The van der Waals surface area contributed by atoms with Gasteiger partial charge in [-0.1, -0.05) is 43.3 Å². The Labute approximate surface area is 183 Å². The van der Waals surface area contributed by atoms with Crippen molar-refractivity contribution in [2.45, 2.75) is 39.5 Å². The molecule has 0 radical (unpaired) electrons. The Bertz CT molecular complexity index is 1160. The molecule has 0 amide bonds. The number of carbonyl (C=O) groups is 1. The molecule has 3 aromatic rings. The van der Waals surface area contributed by atoms with Crippen molar-refractivity contribution in [3.05, 3.63) is 41.5 Å². The normalized spacial score (nSPS) is 23.4. The van der Waals surface area contributed by atoms with Crippen LogP contribution in [-0.4, -0.2) is 37.1 Å². The van der Waals surface area contributed by atoms with Crippen LogP contribution in [0.5, 0.6) is 0 Å². The number of rotatable bonds is 2.